The lowest BCUT2D eigenvalue weighted by Gasteiger charge is -2.38. The molecule has 3 fully saturated rings. The summed E-state index contributed by atoms with van der Waals surface area (Å²) in [5, 5.41) is 18.9. The Labute approximate surface area is 161 Å². The Morgan fingerprint density at radius 3 is 2.30 bits per heavy atom. The highest BCUT2D eigenvalue weighted by atomic mass is 32.2. The molecule has 9 heteroatoms. The third-order valence-electron chi connectivity index (χ3n) is 5.50. The molecule has 0 N–H and O–H groups in total. The molecule has 1 aliphatic carbocycles. The fourth-order valence-corrected chi connectivity index (χ4v) is 4.51. The highest BCUT2D eigenvalue weighted by Gasteiger charge is 2.37. The van der Waals surface area contributed by atoms with Crippen LogP contribution in [0.15, 0.2) is 11.4 Å². The molecule has 2 saturated heterocycles. The maximum absolute atomic E-state index is 11.1. The van der Waals surface area contributed by atoms with Gasteiger partial charge in [0.1, 0.15) is 18.0 Å². The van der Waals surface area contributed by atoms with Gasteiger partial charge < -0.3 is 14.7 Å². The van der Waals surface area contributed by atoms with E-state index in [9.17, 15) is 18.9 Å². The molecule has 0 bridgehead atoms. The summed E-state index contributed by atoms with van der Waals surface area (Å²) in [5.41, 5.74) is 0.140. The summed E-state index contributed by atoms with van der Waals surface area (Å²) < 4.78 is 27.0. The van der Waals surface area contributed by atoms with Gasteiger partial charge in [0.2, 0.25) is 0 Å². The summed E-state index contributed by atoms with van der Waals surface area (Å²) in [6.07, 6.45) is 6.29. The van der Waals surface area contributed by atoms with Crippen LogP contribution in [0.5, 0.6) is 0 Å². The van der Waals surface area contributed by atoms with Gasteiger partial charge in [-0.15, -0.1) is 0 Å². The molecule has 3 aliphatic rings. The molecule has 0 unspecified atom stereocenters. The van der Waals surface area contributed by atoms with Crippen LogP contribution < -0.4 is 0 Å². The molecule has 2 aliphatic heterocycles. The standard InChI is InChI=1S/C18H27N5O3S/c1-27(24,25)26-12-2-7-22-10-11-23(18(22)15(13-19)14-20)17-5-8-21(9-6-17)16-3-4-16/h16-17H,2-12H2,1H3. The van der Waals surface area contributed by atoms with Gasteiger partial charge in [0.15, 0.2) is 5.57 Å². The lowest BCUT2D eigenvalue weighted by Crippen LogP contribution is -2.44. The fourth-order valence-electron chi connectivity index (χ4n) is 4.09. The van der Waals surface area contributed by atoms with Gasteiger partial charge in [0.25, 0.3) is 10.1 Å². The first-order chi connectivity index (χ1) is 12.9. The molecule has 0 spiro atoms. The number of nitrogens with zero attached hydrogens (tertiary/aromatic N) is 5. The Balaban J connectivity index is 1.63. The van der Waals surface area contributed by atoms with E-state index < -0.39 is 10.1 Å². The molecule has 0 atom stereocenters. The van der Waals surface area contributed by atoms with Gasteiger partial charge in [-0.3, -0.25) is 4.18 Å². The number of piperidine rings is 1. The van der Waals surface area contributed by atoms with Crippen molar-refractivity contribution in [1.82, 2.24) is 14.7 Å². The van der Waals surface area contributed by atoms with E-state index in [4.69, 9.17) is 4.18 Å². The topological polar surface area (TPSA) is 101 Å². The largest absolute Gasteiger partial charge is 0.355 e. The monoisotopic (exact) mass is 393 g/mol. The second-order valence-corrected chi connectivity index (χ2v) is 9.12. The van der Waals surface area contributed by atoms with Crippen LogP contribution >= 0.6 is 0 Å². The molecule has 8 nitrogen and oxygen atoms in total. The Hall–Kier alpha value is -1.81. The van der Waals surface area contributed by atoms with Crippen molar-refractivity contribution < 1.29 is 12.6 Å². The quantitative estimate of drug-likeness (QED) is 0.357. The second-order valence-electron chi connectivity index (χ2n) is 7.48. The highest BCUT2D eigenvalue weighted by molar-refractivity contribution is 7.85. The van der Waals surface area contributed by atoms with Crippen LogP contribution in [-0.4, -0.2) is 80.8 Å². The smallest absolute Gasteiger partial charge is 0.264 e. The van der Waals surface area contributed by atoms with Crippen molar-refractivity contribution in [3.63, 3.8) is 0 Å². The Bertz CT molecular complexity index is 739. The van der Waals surface area contributed by atoms with Crippen molar-refractivity contribution >= 4 is 10.1 Å². The van der Waals surface area contributed by atoms with Gasteiger partial charge in [-0.05, 0) is 32.1 Å². The average molecular weight is 394 g/mol. The molecule has 0 amide bonds. The van der Waals surface area contributed by atoms with Gasteiger partial charge in [-0.25, -0.2) is 0 Å². The second kappa shape index (κ2) is 8.47. The van der Waals surface area contributed by atoms with E-state index >= 15 is 0 Å². The van der Waals surface area contributed by atoms with Crippen LogP contribution in [0.4, 0.5) is 0 Å². The molecule has 3 rings (SSSR count). The summed E-state index contributed by atoms with van der Waals surface area (Å²) in [5.74, 6) is 0.712. The summed E-state index contributed by atoms with van der Waals surface area (Å²) in [7, 11) is -3.44. The van der Waals surface area contributed by atoms with E-state index in [0.717, 1.165) is 51.3 Å². The first-order valence-corrected chi connectivity index (χ1v) is 11.4. The maximum Gasteiger partial charge on any atom is 0.264 e. The summed E-state index contributed by atoms with van der Waals surface area (Å²) in [4.78, 5) is 6.82. The van der Waals surface area contributed by atoms with Crippen LogP contribution in [0.25, 0.3) is 0 Å². The maximum atomic E-state index is 11.1. The molecular weight excluding hydrogens is 366 g/mol. The van der Waals surface area contributed by atoms with Gasteiger partial charge in [-0.2, -0.15) is 18.9 Å². The normalized spacial score (nSPS) is 22.0. The van der Waals surface area contributed by atoms with Crippen LogP contribution in [0.1, 0.15) is 32.1 Å². The fraction of sp³-hybridized carbons (Fsp3) is 0.778. The Kier molecular flexibility index (Phi) is 6.25. The molecule has 0 radical (unpaired) electrons. The van der Waals surface area contributed by atoms with Gasteiger partial charge >= 0.3 is 0 Å². The van der Waals surface area contributed by atoms with Gasteiger partial charge in [0, 0.05) is 44.8 Å². The van der Waals surface area contributed by atoms with E-state index in [1.165, 1.54) is 12.8 Å². The third kappa shape index (κ3) is 5.13. The number of nitriles is 2. The summed E-state index contributed by atoms with van der Waals surface area (Å²) in [6, 6.07) is 5.21. The minimum absolute atomic E-state index is 0.108. The zero-order valence-electron chi connectivity index (χ0n) is 15.8. The zero-order chi connectivity index (χ0) is 19.4. The van der Waals surface area contributed by atoms with E-state index in [1.54, 1.807) is 0 Å². The van der Waals surface area contributed by atoms with E-state index in [0.29, 0.717) is 24.8 Å². The van der Waals surface area contributed by atoms with Crippen molar-refractivity contribution in [2.75, 3.05) is 45.6 Å². The van der Waals surface area contributed by atoms with Crippen LogP contribution in [0.2, 0.25) is 0 Å². The van der Waals surface area contributed by atoms with Crippen LogP contribution in [0.3, 0.4) is 0 Å². The van der Waals surface area contributed by atoms with Gasteiger partial charge in [0.05, 0.1) is 12.9 Å². The Morgan fingerprint density at radius 1 is 1.07 bits per heavy atom. The molecule has 1 saturated carbocycles. The lowest BCUT2D eigenvalue weighted by molar-refractivity contribution is 0.133. The van der Waals surface area contributed by atoms with Crippen molar-refractivity contribution in [3.8, 4) is 12.1 Å². The van der Waals surface area contributed by atoms with E-state index in [2.05, 4.69) is 9.80 Å². The molecule has 27 heavy (non-hydrogen) atoms. The predicted molar refractivity (Wildman–Crippen MR) is 99.6 cm³/mol. The van der Waals surface area contributed by atoms with Crippen molar-refractivity contribution in [3.05, 3.63) is 11.4 Å². The number of likely N-dealkylation sites (tertiary alicyclic amines) is 1. The minimum atomic E-state index is -3.44. The predicted octanol–water partition coefficient (Wildman–Crippen LogP) is 0.856. The SMILES string of the molecule is CS(=O)(=O)OCCCN1CCN(C2CCN(C3CC3)CC2)C1=C(C#N)C#N. The average Bonchev–Trinajstić information content (AvgIpc) is 3.41. The van der Waals surface area contributed by atoms with Crippen LogP contribution in [0, 0.1) is 22.7 Å². The summed E-state index contributed by atoms with van der Waals surface area (Å²) >= 11 is 0. The number of hydrogen-bond acceptors (Lipinski definition) is 8. The first-order valence-electron chi connectivity index (χ1n) is 9.57. The van der Waals surface area contributed by atoms with Crippen molar-refractivity contribution in [2.45, 2.75) is 44.2 Å². The number of rotatable bonds is 7. The Morgan fingerprint density at radius 2 is 1.74 bits per heavy atom. The number of hydrogen-bond donors (Lipinski definition) is 0. The van der Waals surface area contributed by atoms with Crippen LogP contribution in [-0.2, 0) is 14.3 Å². The molecule has 2 heterocycles. The molecular formula is C18H27N5O3S. The van der Waals surface area contributed by atoms with E-state index in [1.807, 2.05) is 17.0 Å². The molecule has 0 aromatic carbocycles. The summed E-state index contributed by atoms with van der Waals surface area (Å²) in [6.45, 7) is 4.37. The van der Waals surface area contributed by atoms with Gasteiger partial charge in [-0.1, -0.05) is 0 Å². The minimum Gasteiger partial charge on any atom is -0.355 e. The third-order valence-corrected chi connectivity index (χ3v) is 6.10. The zero-order valence-corrected chi connectivity index (χ0v) is 16.6. The molecule has 0 aromatic heterocycles. The number of allylic oxidation sites excluding steroid dienone is 1. The van der Waals surface area contributed by atoms with E-state index in [-0.39, 0.29) is 12.2 Å². The molecule has 148 valence electrons. The molecule has 0 aromatic rings. The highest BCUT2D eigenvalue weighted by Crippen LogP contribution is 2.33. The van der Waals surface area contributed by atoms with Crippen molar-refractivity contribution in [1.29, 1.82) is 10.5 Å². The lowest BCUT2D eigenvalue weighted by atomic mass is 10.0. The van der Waals surface area contributed by atoms with Crippen molar-refractivity contribution in [2.24, 2.45) is 0 Å². The first kappa shape index (κ1) is 19.9.